The van der Waals surface area contributed by atoms with Crippen LogP contribution in [-0.4, -0.2) is 61.4 Å². The summed E-state index contributed by atoms with van der Waals surface area (Å²) < 4.78 is 12.6. The summed E-state index contributed by atoms with van der Waals surface area (Å²) in [6.45, 7) is 12.7. The molecule has 1 aromatic heterocycles. The van der Waals surface area contributed by atoms with Crippen LogP contribution in [0.3, 0.4) is 0 Å². The molecule has 150 valence electrons. The van der Waals surface area contributed by atoms with Crippen LogP contribution in [0.2, 0.25) is 13.3 Å². The molecule has 0 amide bonds. The molecule has 0 unspecified atom stereocenters. The maximum absolute atomic E-state index is 6.61. The van der Waals surface area contributed by atoms with Crippen molar-refractivity contribution in [3.63, 3.8) is 0 Å². The Kier molecular flexibility index (Phi) is 10.1. The van der Waals surface area contributed by atoms with Crippen molar-refractivity contribution >= 4 is 22.2 Å². The van der Waals surface area contributed by atoms with Crippen LogP contribution < -0.4 is 3.78 Å². The van der Waals surface area contributed by atoms with E-state index in [2.05, 4.69) is 49.8 Å². The van der Waals surface area contributed by atoms with Crippen LogP contribution in [-0.2, 0) is 6.54 Å². The van der Waals surface area contributed by atoms with Crippen LogP contribution in [0.15, 0.2) is 16.5 Å². The quantitative estimate of drug-likeness (QED) is 0.398. The Balaban J connectivity index is 2.11. The van der Waals surface area contributed by atoms with Crippen molar-refractivity contribution in [2.24, 2.45) is 0 Å². The second kappa shape index (κ2) is 11.8. The van der Waals surface area contributed by atoms with Crippen LogP contribution in [0.5, 0.6) is 0 Å². The van der Waals surface area contributed by atoms with Crippen LogP contribution in [0.4, 0.5) is 0 Å². The van der Waals surface area contributed by atoms with Crippen LogP contribution in [0.25, 0.3) is 0 Å². The Labute approximate surface area is 166 Å². The molecule has 4 heteroatoms. The third-order valence-electron chi connectivity index (χ3n) is 6.19. The molecule has 0 aliphatic carbocycles. The van der Waals surface area contributed by atoms with Crippen LogP contribution >= 0.6 is 0 Å². The van der Waals surface area contributed by atoms with Gasteiger partial charge in [0.25, 0.3) is 0 Å². The second-order valence-corrected chi connectivity index (χ2v) is 21.4. The molecule has 1 saturated heterocycles. The van der Waals surface area contributed by atoms with E-state index in [0.717, 1.165) is 6.54 Å². The van der Waals surface area contributed by atoms with Crippen molar-refractivity contribution in [3.8, 4) is 0 Å². The Morgan fingerprint density at radius 1 is 0.846 bits per heavy atom. The first-order chi connectivity index (χ1) is 12.6. The van der Waals surface area contributed by atoms with Gasteiger partial charge in [-0.05, 0) is 0 Å². The summed E-state index contributed by atoms with van der Waals surface area (Å²) >= 11 is -2.38. The van der Waals surface area contributed by atoms with E-state index < -0.39 is 18.4 Å². The summed E-state index contributed by atoms with van der Waals surface area (Å²) in [5.74, 6) is 1.22. The maximum atomic E-state index is 6.61. The zero-order chi connectivity index (χ0) is 18.8. The third kappa shape index (κ3) is 6.56. The van der Waals surface area contributed by atoms with Gasteiger partial charge >= 0.3 is 167 Å². The standard InChI is InChI=1S/C10H15N2O.3C4H9.Sn/c1-11-4-6-12(7-5-11)9-10-3-2-8-13-10;3*1-3-4-2;/h2-3H,4-7,9H2,1H3;3*1,3-4H2,2H3;. The predicted octanol–water partition coefficient (Wildman–Crippen LogP) is 5.08. The minimum atomic E-state index is -2.38. The van der Waals surface area contributed by atoms with Gasteiger partial charge in [0.2, 0.25) is 0 Å². The summed E-state index contributed by atoms with van der Waals surface area (Å²) in [5.41, 5.74) is 0. The van der Waals surface area contributed by atoms with Gasteiger partial charge in [-0.15, -0.1) is 0 Å². The SMILES string of the molecule is CCC[CH2][Sn]([CH2]CCC)([CH2]CCC)[c]1ccc(CN2CCN(C)CC2)o1. The summed E-state index contributed by atoms with van der Waals surface area (Å²) in [5, 5.41) is 0. The van der Waals surface area contributed by atoms with E-state index >= 15 is 0 Å². The fraction of sp³-hybridized carbons (Fsp3) is 0.818. The summed E-state index contributed by atoms with van der Waals surface area (Å²) in [6.07, 6.45) is 8.18. The van der Waals surface area contributed by atoms with Gasteiger partial charge in [0, 0.05) is 0 Å². The fourth-order valence-corrected chi connectivity index (χ4v) is 19.6. The van der Waals surface area contributed by atoms with Crippen molar-refractivity contribution < 1.29 is 4.42 Å². The van der Waals surface area contributed by atoms with E-state index in [4.69, 9.17) is 4.42 Å². The van der Waals surface area contributed by atoms with Gasteiger partial charge in [-0.2, -0.15) is 0 Å². The molecule has 0 saturated carbocycles. The van der Waals surface area contributed by atoms with Crippen molar-refractivity contribution in [1.82, 2.24) is 9.80 Å². The van der Waals surface area contributed by atoms with Crippen molar-refractivity contribution in [1.29, 1.82) is 0 Å². The molecule has 0 radical (unpaired) electrons. The topological polar surface area (TPSA) is 19.6 Å². The van der Waals surface area contributed by atoms with Gasteiger partial charge in [0.05, 0.1) is 0 Å². The molecule has 2 heterocycles. The Hall–Kier alpha value is -0.00130. The Morgan fingerprint density at radius 3 is 1.88 bits per heavy atom. The normalized spacial score (nSPS) is 17.1. The number of hydrogen-bond acceptors (Lipinski definition) is 3. The number of furan rings is 1. The number of unbranched alkanes of at least 4 members (excludes halogenated alkanes) is 3. The van der Waals surface area contributed by atoms with Crippen molar-refractivity contribution in [2.75, 3.05) is 33.2 Å². The molecule has 1 fully saturated rings. The monoisotopic (exact) mass is 470 g/mol. The molecule has 0 bridgehead atoms. The van der Waals surface area contributed by atoms with Gasteiger partial charge in [0.15, 0.2) is 0 Å². The van der Waals surface area contributed by atoms with E-state index in [1.807, 2.05) is 0 Å². The summed E-state index contributed by atoms with van der Waals surface area (Å²) in [6, 6.07) is 4.71. The first-order valence-corrected chi connectivity index (χ1v) is 18.6. The molecule has 0 atom stereocenters. The molecular formula is C22H42N2OSn. The average Bonchev–Trinajstić information content (AvgIpc) is 3.12. The Morgan fingerprint density at radius 2 is 1.38 bits per heavy atom. The average molecular weight is 469 g/mol. The molecule has 1 aliphatic rings. The molecule has 0 N–H and O–H groups in total. The van der Waals surface area contributed by atoms with Gasteiger partial charge in [-0.1, -0.05) is 0 Å². The van der Waals surface area contributed by atoms with Crippen molar-refractivity contribution in [2.45, 2.75) is 79.2 Å². The number of likely N-dealkylation sites (N-methyl/N-ethyl adjacent to an activating group) is 1. The van der Waals surface area contributed by atoms with Crippen LogP contribution in [0, 0.1) is 0 Å². The van der Waals surface area contributed by atoms with Gasteiger partial charge in [0.1, 0.15) is 0 Å². The molecule has 1 aliphatic heterocycles. The van der Waals surface area contributed by atoms with E-state index in [0.29, 0.717) is 0 Å². The number of rotatable bonds is 12. The Bertz CT molecular complexity index is 472. The third-order valence-corrected chi connectivity index (χ3v) is 21.2. The van der Waals surface area contributed by atoms with E-state index in [1.165, 1.54) is 87.6 Å². The first kappa shape index (κ1) is 22.3. The zero-order valence-electron chi connectivity index (χ0n) is 17.9. The number of nitrogens with zero attached hydrogens (tertiary/aromatic N) is 2. The second-order valence-electron chi connectivity index (χ2n) is 8.44. The van der Waals surface area contributed by atoms with Gasteiger partial charge < -0.3 is 0 Å². The first-order valence-electron chi connectivity index (χ1n) is 11.1. The number of hydrogen-bond donors (Lipinski definition) is 0. The molecule has 26 heavy (non-hydrogen) atoms. The minimum absolute atomic E-state index is 1.01. The molecule has 2 rings (SSSR count). The molecule has 3 nitrogen and oxygen atoms in total. The molecular weight excluding hydrogens is 427 g/mol. The zero-order valence-corrected chi connectivity index (χ0v) is 20.7. The summed E-state index contributed by atoms with van der Waals surface area (Å²) in [4.78, 5) is 4.98. The van der Waals surface area contributed by atoms with E-state index in [1.54, 1.807) is 0 Å². The van der Waals surface area contributed by atoms with Gasteiger partial charge in [-0.3, -0.25) is 0 Å². The fourth-order valence-electron chi connectivity index (χ4n) is 4.26. The summed E-state index contributed by atoms with van der Waals surface area (Å²) in [7, 11) is 2.22. The predicted molar refractivity (Wildman–Crippen MR) is 116 cm³/mol. The van der Waals surface area contributed by atoms with E-state index in [-0.39, 0.29) is 0 Å². The number of piperazine rings is 1. The molecule has 0 spiro atoms. The van der Waals surface area contributed by atoms with Gasteiger partial charge in [-0.25, -0.2) is 0 Å². The van der Waals surface area contributed by atoms with E-state index in [9.17, 15) is 0 Å². The van der Waals surface area contributed by atoms with Crippen LogP contribution in [0.1, 0.15) is 65.1 Å². The molecule has 0 aromatic carbocycles. The van der Waals surface area contributed by atoms with Crippen molar-refractivity contribution in [3.05, 3.63) is 17.9 Å². The molecule has 1 aromatic rings.